The van der Waals surface area contributed by atoms with Crippen LogP contribution in [0.1, 0.15) is 53.9 Å². The van der Waals surface area contributed by atoms with Gasteiger partial charge in [-0.3, -0.25) is 4.79 Å². The number of unbranched alkanes of at least 4 members (excludes halogenated alkanes) is 1. The molecule has 0 aliphatic heterocycles. The molecule has 1 N–H and O–H groups in total. The van der Waals surface area contributed by atoms with Gasteiger partial charge in [0.05, 0.1) is 23.4 Å². The Hall–Kier alpha value is -2.98. The summed E-state index contributed by atoms with van der Waals surface area (Å²) in [7, 11) is 0. The van der Waals surface area contributed by atoms with Gasteiger partial charge in [0.1, 0.15) is 10.5 Å². The maximum atomic E-state index is 12.8. The second-order valence-electron chi connectivity index (χ2n) is 8.41. The summed E-state index contributed by atoms with van der Waals surface area (Å²) in [6.45, 7) is 5.10. The number of hydrogen-bond acceptors (Lipinski definition) is 8. The van der Waals surface area contributed by atoms with E-state index in [9.17, 15) is 9.59 Å². The Bertz CT molecular complexity index is 1410. The molecule has 0 fully saturated rings. The molecule has 0 atom stereocenters. The molecular formula is C25H27N5O3S2. The van der Waals surface area contributed by atoms with Crippen molar-refractivity contribution in [3.05, 3.63) is 40.3 Å². The zero-order valence-corrected chi connectivity index (χ0v) is 21.4. The highest BCUT2D eigenvalue weighted by Gasteiger charge is 2.28. The van der Waals surface area contributed by atoms with Crippen LogP contribution in [0, 0.1) is 0 Å². The fourth-order valence-corrected chi connectivity index (χ4v) is 6.37. The van der Waals surface area contributed by atoms with E-state index in [4.69, 9.17) is 9.72 Å². The number of carbonyl (C=O) groups is 2. The lowest BCUT2D eigenvalue weighted by molar-refractivity contribution is -0.113. The average Bonchev–Trinajstić information content (AvgIpc) is 3.53. The molecule has 0 saturated heterocycles. The number of esters is 1. The van der Waals surface area contributed by atoms with E-state index in [2.05, 4.69) is 33.1 Å². The van der Waals surface area contributed by atoms with Crippen LogP contribution in [0.5, 0.6) is 0 Å². The number of thiophene rings is 1. The van der Waals surface area contributed by atoms with Crippen LogP contribution in [0.4, 0.5) is 5.00 Å². The number of amides is 1. The van der Waals surface area contributed by atoms with Crippen molar-refractivity contribution in [1.82, 2.24) is 19.7 Å². The minimum absolute atomic E-state index is 0.118. The Balaban J connectivity index is 1.34. The third-order valence-corrected chi connectivity index (χ3v) is 8.12. The normalized spacial score (nSPS) is 12.9. The van der Waals surface area contributed by atoms with E-state index in [-0.39, 0.29) is 17.6 Å². The quantitative estimate of drug-likeness (QED) is 0.243. The number of carbonyl (C=O) groups excluding carboxylic acids is 2. The van der Waals surface area contributed by atoms with Crippen LogP contribution in [0.15, 0.2) is 29.4 Å². The van der Waals surface area contributed by atoms with Gasteiger partial charge in [-0.1, -0.05) is 43.3 Å². The molecule has 182 valence electrons. The van der Waals surface area contributed by atoms with Crippen LogP contribution >= 0.6 is 23.1 Å². The molecule has 0 saturated carbocycles. The number of hydrogen-bond donors (Lipinski definition) is 1. The average molecular weight is 510 g/mol. The van der Waals surface area contributed by atoms with E-state index in [1.165, 1.54) is 23.1 Å². The van der Waals surface area contributed by atoms with Crippen LogP contribution in [0.25, 0.3) is 22.1 Å². The van der Waals surface area contributed by atoms with Crippen LogP contribution in [-0.2, 0) is 28.9 Å². The monoisotopic (exact) mass is 509 g/mol. The van der Waals surface area contributed by atoms with Crippen LogP contribution < -0.4 is 5.32 Å². The highest BCUT2D eigenvalue weighted by molar-refractivity contribution is 7.99. The summed E-state index contributed by atoms with van der Waals surface area (Å²) in [5.74, 6) is -0.462. The molecule has 0 radical (unpaired) electrons. The fraction of sp³-hybridized carbons (Fsp3) is 0.400. The largest absolute Gasteiger partial charge is 0.462 e. The minimum atomic E-state index is -0.368. The number of fused-ring (bicyclic) bond motifs is 4. The zero-order chi connectivity index (χ0) is 24.4. The van der Waals surface area contributed by atoms with Crippen molar-refractivity contribution < 1.29 is 14.3 Å². The predicted octanol–water partition coefficient (Wildman–Crippen LogP) is 5.24. The van der Waals surface area contributed by atoms with Crippen LogP contribution in [-0.4, -0.2) is 44.0 Å². The summed E-state index contributed by atoms with van der Waals surface area (Å²) in [6.07, 6.45) is 4.92. The van der Waals surface area contributed by atoms with E-state index in [1.807, 2.05) is 18.2 Å². The number of para-hydroxylation sites is 1. The van der Waals surface area contributed by atoms with Crippen LogP contribution in [0.2, 0.25) is 0 Å². The Morgan fingerprint density at radius 2 is 2.06 bits per heavy atom. The molecule has 1 aromatic carbocycles. The van der Waals surface area contributed by atoms with Gasteiger partial charge in [0.15, 0.2) is 5.65 Å². The molecule has 10 heteroatoms. The van der Waals surface area contributed by atoms with E-state index >= 15 is 0 Å². The van der Waals surface area contributed by atoms with Crippen molar-refractivity contribution in [2.45, 2.75) is 57.7 Å². The third kappa shape index (κ3) is 4.64. The lowest BCUT2D eigenvalue weighted by Gasteiger charge is -2.08. The fourth-order valence-electron chi connectivity index (χ4n) is 4.50. The van der Waals surface area contributed by atoms with Gasteiger partial charge < -0.3 is 14.6 Å². The molecule has 0 bridgehead atoms. The molecule has 35 heavy (non-hydrogen) atoms. The molecule has 8 nitrogen and oxygen atoms in total. The van der Waals surface area contributed by atoms with Crippen molar-refractivity contribution in [1.29, 1.82) is 0 Å². The Morgan fingerprint density at radius 1 is 1.20 bits per heavy atom. The summed E-state index contributed by atoms with van der Waals surface area (Å²) in [5, 5.41) is 13.7. The number of rotatable bonds is 9. The predicted molar refractivity (Wildman–Crippen MR) is 139 cm³/mol. The highest BCUT2D eigenvalue weighted by atomic mass is 32.2. The molecule has 5 rings (SSSR count). The smallest absolute Gasteiger partial charge is 0.341 e. The van der Waals surface area contributed by atoms with Crippen molar-refractivity contribution in [3.8, 4) is 0 Å². The third-order valence-electron chi connectivity index (χ3n) is 6.08. The molecular weight excluding hydrogens is 482 g/mol. The number of aromatic nitrogens is 4. The van der Waals surface area contributed by atoms with Gasteiger partial charge in [-0.05, 0) is 44.2 Å². The van der Waals surface area contributed by atoms with E-state index in [0.29, 0.717) is 22.3 Å². The zero-order valence-electron chi connectivity index (χ0n) is 19.8. The number of ether oxygens (including phenoxy) is 1. The van der Waals surface area contributed by atoms with Crippen molar-refractivity contribution >= 4 is 62.0 Å². The topological polar surface area (TPSA) is 99.0 Å². The first-order chi connectivity index (χ1) is 17.1. The summed E-state index contributed by atoms with van der Waals surface area (Å²) < 4.78 is 7.43. The summed E-state index contributed by atoms with van der Waals surface area (Å²) in [4.78, 5) is 31.3. The summed E-state index contributed by atoms with van der Waals surface area (Å²) >= 11 is 2.72. The number of nitrogens with zero attached hydrogens (tertiary/aromatic N) is 4. The molecule has 4 aromatic rings. The second-order valence-corrected chi connectivity index (χ2v) is 10.5. The van der Waals surface area contributed by atoms with E-state index < -0.39 is 0 Å². The number of nitrogens with one attached hydrogen (secondary N) is 1. The molecule has 0 unspecified atom stereocenters. The molecule has 1 amide bonds. The molecule has 3 heterocycles. The Labute approximate surface area is 211 Å². The van der Waals surface area contributed by atoms with Gasteiger partial charge >= 0.3 is 5.97 Å². The van der Waals surface area contributed by atoms with Gasteiger partial charge in [0.25, 0.3) is 0 Å². The Kier molecular flexibility index (Phi) is 7.01. The SMILES string of the molecule is CCCCn1c2ccccc2c2nnc(SCC(=O)Nc3sc4c(c3C(=O)OCC)CCC4)nc21. The lowest BCUT2D eigenvalue weighted by Crippen LogP contribution is -2.17. The van der Waals surface area contributed by atoms with Crippen molar-refractivity contribution in [2.75, 3.05) is 17.7 Å². The maximum Gasteiger partial charge on any atom is 0.341 e. The van der Waals surface area contributed by atoms with Crippen LogP contribution in [0.3, 0.4) is 0 Å². The summed E-state index contributed by atoms with van der Waals surface area (Å²) in [6, 6.07) is 8.12. The Morgan fingerprint density at radius 3 is 2.89 bits per heavy atom. The second kappa shape index (κ2) is 10.3. The van der Waals surface area contributed by atoms with Crippen molar-refractivity contribution in [3.63, 3.8) is 0 Å². The minimum Gasteiger partial charge on any atom is -0.462 e. The number of benzene rings is 1. The first-order valence-electron chi connectivity index (χ1n) is 12.0. The lowest BCUT2D eigenvalue weighted by atomic mass is 10.1. The summed E-state index contributed by atoms with van der Waals surface area (Å²) in [5.41, 5.74) is 4.20. The van der Waals surface area contributed by atoms with Gasteiger partial charge in [-0.2, -0.15) is 0 Å². The number of thioether (sulfide) groups is 1. The van der Waals surface area contributed by atoms with Gasteiger partial charge in [-0.25, -0.2) is 9.78 Å². The number of aryl methyl sites for hydroxylation is 2. The number of anilines is 1. The molecule has 0 spiro atoms. The molecule has 3 aromatic heterocycles. The maximum absolute atomic E-state index is 12.8. The van der Waals surface area contributed by atoms with Gasteiger partial charge in [-0.15, -0.1) is 21.5 Å². The van der Waals surface area contributed by atoms with Crippen molar-refractivity contribution in [2.24, 2.45) is 0 Å². The standard InChI is InChI=1S/C25H27N5O3S2/c1-3-5-13-30-17-11-7-6-9-15(17)21-22(30)27-25(29-28-21)34-14-19(31)26-23-20(24(32)33-4-2)16-10-8-12-18(16)35-23/h6-7,9,11H,3-5,8,10,12-14H2,1-2H3,(H,26,31). The molecule has 1 aliphatic rings. The van der Waals surface area contributed by atoms with E-state index in [0.717, 1.165) is 71.2 Å². The van der Waals surface area contributed by atoms with Gasteiger partial charge in [0, 0.05) is 16.8 Å². The molecule has 1 aliphatic carbocycles. The van der Waals surface area contributed by atoms with E-state index in [1.54, 1.807) is 6.92 Å². The first-order valence-corrected chi connectivity index (χ1v) is 13.8. The highest BCUT2D eigenvalue weighted by Crippen LogP contribution is 2.39. The van der Waals surface area contributed by atoms with Gasteiger partial charge in [0.2, 0.25) is 11.1 Å². The first kappa shape index (κ1) is 23.7.